The summed E-state index contributed by atoms with van der Waals surface area (Å²) in [6.45, 7) is 1.55. The number of carbonyl (C=O) groups is 1. The topological polar surface area (TPSA) is 51.7 Å². The number of aromatic nitrogens is 1. The summed E-state index contributed by atoms with van der Waals surface area (Å²) in [4.78, 5) is 18.3. The van der Waals surface area contributed by atoms with Gasteiger partial charge in [-0.15, -0.1) is 0 Å². The first kappa shape index (κ1) is 13.8. The van der Waals surface area contributed by atoms with E-state index in [-0.39, 0.29) is 12.0 Å². The van der Waals surface area contributed by atoms with E-state index in [1.165, 1.54) is 7.11 Å². The minimum Gasteiger partial charge on any atom is -0.481 e. The summed E-state index contributed by atoms with van der Waals surface area (Å²) in [6, 6.07) is 5.54. The van der Waals surface area contributed by atoms with Crippen LogP contribution in [0.4, 0.5) is 0 Å². The minimum atomic E-state index is -0.150. The molecule has 1 aliphatic rings. The van der Waals surface area contributed by atoms with Crippen LogP contribution in [0.3, 0.4) is 0 Å². The summed E-state index contributed by atoms with van der Waals surface area (Å²) in [5.74, 6) is 0.451. The SMILES string of the molecule is COC(=O)C1CCCCN1Cc1cccc(OC)n1. The molecule has 5 nitrogen and oxygen atoms in total. The number of esters is 1. The number of ether oxygens (including phenoxy) is 2. The smallest absolute Gasteiger partial charge is 0.323 e. The van der Waals surface area contributed by atoms with Gasteiger partial charge < -0.3 is 9.47 Å². The summed E-state index contributed by atoms with van der Waals surface area (Å²) >= 11 is 0. The number of likely N-dealkylation sites (tertiary alicyclic amines) is 1. The van der Waals surface area contributed by atoms with Gasteiger partial charge in [-0.1, -0.05) is 12.5 Å². The van der Waals surface area contributed by atoms with Gasteiger partial charge in [0.15, 0.2) is 0 Å². The fourth-order valence-corrected chi connectivity index (χ4v) is 2.45. The zero-order valence-electron chi connectivity index (χ0n) is 11.5. The Morgan fingerprint density at radius 1 is 1.42 bits per heavy atom. The monoisotopic (exact) mass is 264 g/mol. The van der Waals surface area contributed by atoms with Crippen LogP contribution in [0, 0.1) is 0 Å². The maximum Gasteiger partial charge on any atom is 0.323 e. The van der Waals surface area contributed by atoms with Gasteiger partial charge in [0.05, 0.1) is 19.9 Å². The Morgan fingerprint density at radius 3 is 3.00 bits per heavy atom. The highest BCUT2D eigenvalue weighted by Crippen LogP contribution is 2.20. The Morgan fingerprint density at radius 2 is 2.26 bits per heavy atom. The van der Waals surface area contributed by atoms with Gasteiger partial charge in [-0.3, -0.25) is 9.69 Å². The molecule has 19 heavy (non-hydrogen) atoms. The molecule has 2 heterocycles. The molecule has 0 spiro atoms. The normalized spacial score (nSPS) is 20.0. The second-order valence-electron chi connectivity index (χ2n) is 4.68. The van der Waals surface area contributed by atoms with Crippen molar-refractivity contribution in [1.82, 2.24) is 9.88 Å². The van der Waals surface area contributed by atoms with E-state index >= 15 is 0 Å². The molecule has 1 atom stereocenters. The van der Waals surface area contributed by atoms with E-state index < -0.39 is 0 Å². The van der Waals surface area contributed by atoms with E-state index in [0.717, 1.165) is 31.5 Å². The second kappa shape index (κ2) is 6.52. The van der Waals surface area contributed by atoms with E-state index in [9.17, 15) is 4.79 Å². The maximum atomic E-state index is 11.8. The van der Waals surface area contributed by atoms with Gasteiger partial charge in [0.25, 0.3) is 0 Å². The Kier molecular flexibility index (Phi) is 4.74. The number of methoxy groups -OCH3 is 2. The highest BCUT2D eigenvalue weighted by molar-refractivity contribution is 5.75. The fraction of sp³-hybridized carbons (Fsp3) is 0.571. The average Bonchev–Trinajstić information content (AvgIpc) is 2.47. The van der Waals surface area contributed by atoms with E-state index in [2.05, 4.69) is 9.88 Å². The third kappa shape index (κ3) is 3.44. The van der Waals surface area contributed by atoms with Crippen molar-refractivity contribution in [1.29, 1.82) is 0 Å². The molecule has 2 rings (SSSR count). The van der Waals surface area contributed by atoms with E-state index in [1.807, 2.05) is 18.2 Å². The van der Waals surface area contributed by atoms with Crippen molar-refractivity contribution in [2.75, 3.05) is 20.8 Å². The number of hydrogen-bond donors (Lipinski definition) is 0. The lowest BCUT2D eigenvalue weighted by molar-refractivity contribution is -0.148. The molecule has 0 amide bonds. The van der Waals surface area contributed by atoms with Crippen molar-refractivity contribution in [2.45, 2.75) is 31.8 Å². The highest BCUT2D eigenvalue weighted by Gasteiger charge is 2.29. The lowest BCUT2D eigenvalue weighted by atomic mass is 10.0. The van der Waals surface area contributed by atoms with Crippen LogP contribution in [0.25, 0.3) is 0 Å². The van der Waals surface area contributed by atoms with Crippen LogP contribution >= 0.6 is 0 Å². The highest BCUT2D eigenvalue weighted by atomic mass is 16.5. The molecule has 0 aliphatic carbocycles. The predicted molar refractivity (Wildman–Crippen MR) is 70.9 cm³/mol. The molecule has 1 unspecified atom stereocenters. The van der Waals surface area contributed by atoms with Gasteiger partial charge in [-0.2, -0.15) is 0 Å². The summed E-state index contributed by atoms with van der Waals surface area (Å²) in [7, 11) is 3.04. The largest absolute Gasteiger partial charge is 0.481 e. The Bertz CT molecular complexity index is 436. The minimum absolute atomic E-state index is 0.147. The number of rotatable bonds is 4. The molecule has 1 saturated heterocycles. The third-order valence-corrected chi connectivity index (χ3v) is 3.44. The van der Waals surface area contributed by atoms with Gasteiger partial charge >= 0.3 is 5.97 Å². The molecule has 0 aromatic carbocycles. The summed E-state index contributed by atoms with van der Waals surface area (Å²) in [5, 5.41) is 0. The van der Waals surface area contributed by atoms with Crippen molar-refractivity contribution < 1.29 is 14.3 Å². The number of nitrogens with zero attached hydrogens (tertiary/aromatic N) is 2. The maximum absolute atomic E-state index is 11.8. The number of carbonyl (C=O) groups excluding carboxylic acids is 1. The fourth-order valence-electron chi connectivity index (χ4n) is 2.45. The zero-order valence-corrected chi connectivity index (χ0v) is 11.5. The molecule has 1 aromatic rings. The quantitative estimate of drug-likeness (QED) is 0.773. The molecule has 1 aliphatic heterocycles. The van der Waals surface area contributed by atoms with Crippen LogP contribution in [0.2, 0.25) is 0 Å². The van der Waals surface area contributed by atoms with E-state index in [1.54, 1.807) is 7.11 Å². The first-order valence-corrected chi connectivity index (χ1v) is 6.56. The summed E-state index contributed by atoms with van der Waals surface area (Å²) in [6.07, 6.45) is 3.04. The van der Waals surface area contributed by atoms with Crippen molar-refractivity contribution in [3.8, 4) is 5.88 Å². The summed E-state index contributed by atoms with van der Waals surface area (Å²) < 4.78 is 10.00. The number of pyridine rings is 1. The van der Waals surface area contributed by atoms with Gasteiger partial charge in [0, 0.05) is 12.6 Å². The molecule has 1 fully saturated rings. The Hall–Kier alpha value is -1.62. The molecule has 5 heteroatoms. The van der Waals surface area contributed by atoms with Crippen LogP contribution in [-0.2, 0) is 16.1 Å². The molecule has 104 valence electrons. The molecular formula is C14H20N2O3. The van der Waals surface area contributed by atoms with Crippen LogP contribution < -0.4 is 4.74 Å². The van der Waals surface area contributed by atoms with E-state index in [4.69, 9.17) is 9.47 Å². The lowest BCUT2D eigenvalue weighted by Crippen LogP contribution is -2.44. The molecule has 0 bridgehead atoms. The Balaban J connectivity index is 2.08. The molecule has 1 aromatic heterocycles. The molecular weight excluding hydrogens is 244 g/mol. The van der Waals surface area contributed by atoms with Crippen LogP contribution in [0.5, 0.6) is 5.88 Å². The van der Waals surface area contributed by atoms with Crippen LogP contribution in [0.15, 0.2) is 18.2 Å². The van der Waals surface area contributed by atoms with Gasteiger partial charge in [-0.05, 0) is 25.5 Å². The number of hydrogen-bond acceptors (Lipinski definition) is 5. The zero-order chi connectivity index (χ0) is 13.7. The van der Waals surface area contributed by atoms with Crippen molar-refractivity contribution in [2.24, 2.45) is 0 Å². The predicted octanol–water partition coefficient (Wildman–Crippen LogP) is 1.62. The average molecular weight is 264 g/mol. The van der Waals surface area contributed by atoms with E-state index in [0.29, 0.717) is 12.4 Å². The van der Waals surface area contributed by atoms with Crippen molar-refractivity contribution >= 4 is 5.97 Å². The standard InChI is InChI=1S/C14H20N2O3/c1-18-13-8-5-6-11(15-13)10-16-9-4-3-7-12(16)14(17)19-2/h5-6,8,12H,3-4,7,9-10H2,1-2H3. The summed E-state index contributed by atoms with van der Waals surface area (Å²) in [5.41, 5.74) is 0.912. The van der Waals surface area contributed by atoms with Crippen LogP contribution in [-0.4, -0.2) is 42.7 Å². The van der Waals surface area contributed by atoms with Crippen LogP contribution in [0.1, 0.15) is 25.0 Å². The molecule has 0 saturated carbocycles. The van der Waals surface area contributed by atoms with Gasteiger partial charge in [0.1, 0.15) is 6.04 Å². The first-order chi connectivity index (χ1) is 9.24. The Labute approximate surface area is 113 Å². The first-order valence-electron chi connectivity index (χ1n) is 6.56. The van der Waals surface area contributed by atoms with Crippen molar-refractivity contribution in [3.63, 3.8) is 0 Å². The van der Waals surface area contributed by atoms with Gasteiger partial charge in [0.2, 0.25) is 5.88 Å². The number of piperidine rings is 1. The van der Waals surface area contributed by atoms with Gasteiger partial charge in [-0.25, -0.2) is 4.98 Å². The molecule has 0 radical (unpaired) electrons. The molecule has 0 N–H and O–H groups in total. The second-order valence-corrected chi connectivity index (χ2v) is 4.68. The third-order valence-electron chi connectivity index (χ3n) is 3.44. The lowest BCUT2D eigenvalue weighted by Gasteiger charge is -2.33. The van der Waals surface area contributed by atoms with Crippen molar-refractivity contribution in [3.05, 3.63) is 23.9 Å².